The molecule has 0 saturated carbocycles. The van der Waals surface area contributed by atoms with Crippen LogP contribution in [0.2, 0.25) is 0 Å². The van der Waals surface area contributed by atoms with Gasteiger partial charge in [0.25, 0.3) is 0 Å². The Hall–Kier alpha value is -1.84. The lowest BCUT2D eigenvalue weighted by Gasteiger charge is -2.17. The summed E-state index contributed by atoms with van der Waals surface area (Å²) < 4.78 is 12.9. The van der Waals surface area contributed by atoms with Crippen LogP contribution in [0.4, 0.5) is 15.8 Å². The second-order valence-electron chi connectivity index (χ2n) is 3.37. The average molecular weight is 189 g/mol. The summed E-state index contributed by atoms with van der Waals surface area (Å²) in [6.45, 7) is 0. The van der Waals surface area contributed by atoms with Crippen LogP contribution in [0.5, 0.6) is 0 Å². The van der Waals surface area contributed by atoms with Crippen LogP contribution >= 0.6 is 0 Å². The van der Waals surface area contributed by atoms with E-state index in [-0.39, 0.29) is 5.82 Å². The Kier molecular flexibility index (Phi) is 1.39. The summed E-state index contributed by atoms with van der Waals surface area (Å²) in [4.78, 5) is 0. The number of halogens is 1. The number of benzene rings is 1. The van der Waals surface area contributed by atoms with Gasteiger partial charge in [0.15, 0.2) is 0 Å². The van der Waals surface area contributed by atoms with E-state index in [4.69, 9.17) is 0 Å². The standard InChI is InChI=1S/C10H8FN3/c11-7-1-2-8-6(3-7)4-9-10(13-8)5-12-14-9/h1-3,5,13H,4H2,(H,12,14). The third-order valence-electron chi connectivity index (χ3n) is 2.42. The smallest absolute Gasteiger partial charge is 0.123 e. The van der Waals surface area contributed by atoms with Crippen LogP contribution in [0.25, 0.3) is 0 Å². The van der Waals surface area contributed by atoms with E-state index in [0.717, 1.165) is 22.6 Å². The summed E-state index contributed by atoms with van der Waals surface area (Å²) in [6, 6.07) is 4.75. The SMILES string of the molecule is Fc1ccc2c(c1)Cc1[nH]ncc1N2. The molecule has 2 N–H and O–H groups in total. The molecule has 1 aliphatic rings. The first-order chi connectivity index (χ1) is 6.83. The Labute approximate surface area is 80.0 Å². The van der Waals surface area contributed by atoms with Crippen LogP contribution in [0, 0.1) is 5.82 Å². The highest BCUT2D eigenvalue weighted by Gasteiger charge is 2.16. The molecule has 1 aromatic carbocycles. The fourth-order valence-electron chi connectivity index (χ4n) is 1.72. The van der Waals surface area contributed by atoms with Crippen LogP contribution in [-0.2, 0) is 6.42 Å². The van der Waals surface area contributed by atoms with Gasteiger partial charge in [-0.25, -0.2) is 4.39 Å². The van der Waals surface area contributed by atoms with Gasteiger partial charge in [0.05, 0.1) is 17.6 Å². The zero-order valence-electron chi connectivity index (χ0n) is 7.34. The molecular weight excluding hydrogens is 181 g/mol. The van der Waals surface area contributed by atoms with Gasteiger partial charge < -0.3 is 5.32 Å². The third-order valence-corrected chi connectivity index (χ3v) is 2.42. The van der Waals surface area contributed by atoms with Gasteiger partial charge in [-0.1, -0.05) is 0 Å². The van der Waals surface area contributed by atoms with Crippen molar-refractivity contribution < 1.29 is 4.39 Å². The largest absolute Gasteiger partial charge is 0.352 e. The van der Waals surface area contributed by atoms with E-state index in [0.29, 0.717) is 6.42 Å². The molecule has 70 valence electrons. The predicted octanol–water partition coefficient (Wildman–Crippen LogP) is 2.20. The molecule has 2 heterocycles. The minimum atomic E-state index is -0.200. The van der Waals surface area contributed by atoms with Crippen molar-refractivity contribution >= 4 is 11.4 Å². The molecule has 0 bridgehead atoms. The summed E-state index contributed by atoms with van der Waals surface area (Å²) in [5.41, 5.74) is 3.90. The zero-order valence-corrected chi connectivity index (χ0v) is 7.34. The fourth-order valence-corrected chi connectivity index (χ4v) is 1.72. The molecule has 0 unspecified atom stereocenters. The third kappa shape index (κ3) is 1.00. The second-order valence-corrected chi connectivity index (χ2v) is 3.37. The van der Waals surface area contributed by atoms with Crippen molar-refractivity contribution in [3.8, 4) is 0 Å². The predicted molar refractivity (Wildman–Crippen MR) is 51.1 cm³/mol. The number of nitrogens with zero attached hydrogens (tertiary/aromatic N) is 1. The van der Waals surface area contributed by atoms with Gasteiger partial charge in [0.2, 0.25) is 0 Å². The lowest BCUT2D eigenvalue weighted by molar-refractivity contribution is 0.626. The average Bonchev–Trinajstić information content (AvgIpc) is 2.61. The Bertz CT molecular complexity index is 490. The number of aromatic nitrogens is 2. The molecule has 0 radical (unpaired) electrons. The first kappa shape index (κ1) is 7.55. The minimum absolute atomic E-state index is 0.200. The molecule has 4 heteroatoms. The summed E-state index contributed by atoms with van der Waals surface area (Å²) in [5, 5.41) is 10.00. The molecule has 0 aliphatic carbocycles. The zero-order chi connectivity index (χ0) is 9.54. The number of anilines is 2. The Morgan fingerprint density at radius 2 is 2.21 bits per heavy atom. The van der Waals surface area contributed by atoms with E-state index >= 15 is 0 Å². The number of H-pyrrole nitrogens is 1. The fraction of sp³-hybridized carbons (Fsp3) is 0.100. The maximum atomic E-state index is 12.9. The van der Waals surface area contributed by atoms with Crippen LogP contribution < -0.4 is 5.32 Å². The monoisotopic (exact) mass is 189 g/mol. The van der Waals surface area contributed by atoms with Crippen molar-refractivity contribution in [3.05, 3.63) is 41.5 Å². The molecule has 0 fully saturated rings. The van der Waals surface area contributed by atoms with Crippen molar-refractivity contribution in [1.29, 1.82) is 0 Å². The van der Waals surface area contributed by atoms with Crippen molar-refractivity contribution in [1.82, 2.24) is 10.2 Å². The van der Waals surface area contributed by atoms with E-state index in [2.05, 4.69) is 15.5 Å². The lowest BCUT2D eigenvalue weighted by Crippen LogP contribution is -2.05. The maximum Gasteiger partial charge on any atom is 0.123 e. The molecule has 14 heavy (non-hydrogen) atoms. The van der Waals surface area contributed by atoms with Gasteiger partial charge in [0, 0.05) is 12.1 Å². The lowest BCUT2D eigenvalue weighted by atomic mass is 10.0. The van der Waals surface area contributed by atoms with E-state index in [1.807, 2.05) is 0 Å². The number of hydrogen-bond donors (Lipinski definition) is 2. The Morgan fingerprint density at radius 1 is 1.29 bits per heavy atom. The molecule has 0 atom stereocenters. The summed E-state index contributed by atoms with van der Waals surface area (Å²) in [6.07, 6.45) is 2.44. The molecule has 0 amide bonds. The molecule has 3 nitrogen and oxygen atoms in total. The van der Waals surface area contributed by atoms with E-state index in [9.17, 15) is 4.39 Å². The Morgan fingerprint density at radius 3 is 3.14 bits per heavy atom. The van der Waals surface area contributed by atoms with E-state index < -0.39 is 0 Å². The van der Waals surface area contributed by atoms with Gasteiger partial charge in [0.1, 0.15) is 5.82 Å². The Balaban J connectivity index is 2.12. The molecular formula is C10H8FN3. The number of hydrogen-bond acceptors (Lipinski definition) is 2. The van der Waals surface area contributed by atoms with Crippen LogP contribution in [0.15, 0.2) is 24.4 Å². The first-order valence-corrected chi connectivity index (χ1v) is 4.40. The molecule has 0 spiro atoms. The molecule has 0 saturated heterocycles. The maximum absolute atomic E-state index is 12.9. The van der Waals surface area contributed by atoms with Gasteiger partial charge in [-0.3, -0.25) is 5.10 Å². The minimum Gasteiger partial charge on any atom is -0.352 e. The highest BCUT2D eigenvalue weighted by Crippen LogP contribution is 2.31. The highest BCUT2D eigenvalue weighted by molar-refractivity contribution is 5.69. The molecule has 2 aromatic rings. The number of nitrogens with one attached hydrogen (secondary N) is 2. The van der Waals surface area contributed by atoms with Crippen molar-refractivity contribution in [2.45, 2.75) is 6.42 Å². The highest BCUT2D eigenvalue weighted by atomic mass is 19.1. The van der Waals surface area contributed by atoms with Crippen molar-refractivity contribution in [2.75, 3.05) is 5.32 Å². The summed E-state index contributed by atoms with van der Waals surface area (Å²) in [5.74, 6) is -0.200. The van der Waals surface area contributed by atoms with Gasteiger partial charge in [-0.05, 0) is 23.8 Å². The molecule has 1 aliphatic heterocycles. The van der Waals surface area contributed by atoms with Crippen LogP contribution in [0.1, 0.15) is 11.3 Å². The van der Waals surface area contributed by atoms with E-state index in [1.165, 1.54) is 6.07 Å². The van der Waals surface area contributed by atoms with Crippen LogP contribution in [0.3, 0.4) is 0 Å². The summed E-state index contributed by atoms with van der Waals surface area (Å²) >= 11 is 0. The van der Waals surface area contributed by atoms with Gasteiger partial charge in [-0.2, -0.15) is 5.10 Å². The van der Waals surface area contributed by atoms with Gasteiger partial charge >= 0.3 is 0 Å². The second kappa shape index (κ2) is 2.57. The normalized spacial score (nSPS) is 12.9. The number of rotatable bonds is 0. The first-order valence-electron chi connectivity index (χ1n) is 4.40. The number of fused-ring (bicyclic) bond motifs is 2. The molecule has 3 rings (SSSR count). The van der Waals surface area contributed by atoms with Crippen LogP contribution in [-0.4, -0.2) is 10.2 Å². The number of aromatic amines is 1. The topological polar surface area (TPSA) is 40.7 Å². The molecule has 1 aromatic heterocycles. The van der Waals surface area contributed by atoms with Crippen molar-refractivity contribution in [2.24, 2.45) is 0 Å². The summed E-state index contributed by atoms with van der Waals surface area (Å²) in [7, 11) is 0. The van der Waals surface area contributed by atoms with Gasteiger partial charge in [-0.15, -0.1) is 0 Å². The quantitative estimate of drug-likeness (QED) is 0.569. The van der Waals surface area contributed by atoms with E-state index in [1.54, 1.807) is 18.3 Å². The van der Waals surface area contributed by atoms with Crippen molar-refractivity contribution in [3.63, 3.8) is 0 Å².